The Morgan fingerprint density at radius 2 is 1.83 bits per heavy atom. The van der Waals surface area contributed by atoms with Crippen LogP contribution < -0.4 is 4.74 Å². The first-order valence-corrected chi connectivity index (χ1v) is 9.39. The van der Waals surface area contributed by atoms with E-state index in [-0.39, 0.29) is 24.4 Å². The van der Waals surface area contributed by atoms with E-state index in [1.165, 1.54) is 12.1 Å². The number of nitrogens with zero attached hydrogens (tertiary/aromatic N) is 1. The van der Waals surface area contributed by atoms with Crippen molar-refractivity contribution in [2.75, 3.05) is 13.1 Å². The number of ether oxygens (including phenoxy) is 2. The molecule has 0 bridgehead atoms. The van der Waals surface area contributed by atoms with Gasteiger partial charge in [-0.2, -0.15) is 0 Å². The van der Waals surface area contributed by atoms with Gasteiger partial charge in [0.05, 0.1) is 0 Å². The lowest BCUT2D eigenvalue weighted by atomic mass is 9.97. The SMILES string of the molecule is O=C(OCc1ccccc1)N1CCCC(C=Cc2ccc(OC(F)(F)F)cc2)C1. The average molecular weight is 405 g/mol. The average Bonchev–Trinajstić information content (AvgIpc) is 2.71. The number of benzene rings is 2. The lowest BCUT2D eigenvalue weighted by Crippen LogP contribution is -2.39. The minimum absolute atomic E-state index is 0.166. The number of likely N-dealkylation sites (tertiary alicyclic amines) is 1. The molecule has 0 spiro atoms. The van der Waals surface area contributed by atoms with Crippen LogP contribution in [0.1, 0.15) is 24.0 Å². The maximum absolute atomic E-state index is 12.3. The van der Waals surface area contributed by atoms with Crippen LogP contribution in [0.15, 0.2) is 60.7 Å². The van der Waals surface area contributed by atoms with Gasteiger partial charge in [0, 0.05) is 13.1 Å². The van der Waals surface area contributed by atoms with Crippen molar-refractivity contribution in [3.05, 3.63) is 71.8 Å². The third kappa shape index (κ3) is 6.85. The molecule has 1 aliphatic rings. The molecular weight excluding hydrogens is 383 g/mol. The quantitative estimate of drug-likeness (QED) is 0.646. The smallest absolute Gasteiger partial charge is 0.445 e. The molecule has 4 nitrogen and oxygen atoms in total. The molecule has 1 atom stereocenters. The summed E-state index contributed by atoms with van der Waals surface area (Å²) in [7, 11) is 0. The number of rotatable bonds is 5. The van der Waals surface area contributed by atoms with Gasteiger partial charge in [0.2, 0.25) is 0 Å². The number of carbonyl (C=O) groups excluding carboxylic acids is 1. The van der Waals surface area contributed by atoms with E-state index in [4.69, 9.17) is 4.74 Å². The third-order valence-electron chi connectivity index (χ3n) is 4.60. The first-order chi connectivity index (χ1) is 13.9. The van der Waals surface area contributed by atoms with E-state index in [2.05, 4.69) is 4.74 Å². The summed E-state index contributed by atoms with van der Waals surface area (Å²) in [4.78, 5) is 14.0. The number of amides is 1. The van der Waals surface area contributed by atoms with Crippen LogP contribution in [0.2, 0.25) is 0 Å². The molecule has 1 amide bonds. The fourth-order valence-electron chi connectivity index (χ4n) is 3.17. The van der Waals surface area contributed by atoms with Gasteiger partial charge in [0.1, 0.15) is 12.4 Å². The Bertz CT molecular complexity index is 819. The lowest BCUT2D eigenvalue weighted by Gasteiger charge is -2.30. The van der Waals surface area contributed by atoms with Crippen LogP contribution in [0.5, 0.6) is 5.75 Å². The molecule has 3 rings (SSSR count). The highest BCUT2D eigenvalue weighted by Crippen LogP contribution is 2.24. The van der Waals surface area contributed by atoms with Crippen molar-refractivity contribution in [2.24, 2.45) is 5.92 Å². The predicted molar refractivity (Wildman–Crippen MR) is 103 cm³/mol. The molecular formula is C22H22F3NO3. The lowest BCUT2D eigenvalue weighted by molar-refractivity contribution is -0.274. The van der Waals surface area contributed by atoms with Gasteiger partial charge in [-0.1, -0.05) is 54.6 Å². The fraction of sp³-hybridized carbons (Fsp3) is 0.318. The molecule has 0 radical (unpaired) electrons. The van der Waals surface area contributed by atoms with Crippen molar-refractivity contribution in [2.45, 2.75) is 25.8 Å². The van der Waals surface area contributed by atoms with Gasteiger partial charge in [-0.25, -0.2) is 4.79 Å². The monoisotopic (exact) mass is 405 g/mol. The number of halogens is 3. The van der Waals surface area contributed by atoms with Crippen molar-refractivity contribution in [1.29, 1.82) is 0 Å². The van der Waals surface area contributed by atoms with E-state index in [9.17, 15) is 18.0 Å². The van der Waals surface area contributed by atoms with Gasteiger partial charge in [-0.05, 0) is 42.0 Å². The summed E-state index contributed by atoms with van der Waals surface area (Å²) in [6, 6.07) is 15.2. The van der Waals surface area contributed by atoms with E-state index >= 15 is 0 Å². The summed E-state index contributed by atoms with van der Waals surface area (Å²) in [6.07, 6.45) is 0.609. The Morgan fingerprint density at radius 3 is 2.52 bits per heavy atom. The maximum atomic E-state index is 12.3. The normalized spacial score (nSPS) is 17.3. The molecule has 0 N–H and O–H groups in total. The zero-order chi connectivity index (χ0) is 20.7. The van der Waals surface area contributed by atoms with Crippen LogP contribution in [0.3, 0.4) is 0 Å². The molecule has 1 fully saturated rings. The van der Waals surface area contributed by atoms with Crippen molar-refractivity contribution in [1.82, 2.24) is 4.90 Å². The van der Waals surface area contributed by atoms with E-state index in [0.717, 1.165) is 24.0 Å². The first kappa shape index (κ1) is 20.8. The number of hydrogen-bond acceptors (Lipinski definition) is 3. The molecule has 1 unspecified atom stereocenters. The molecule has 0 aliphatic carbocycles. The highest BCUT2D eigenvalue weighted by atomic mass is 19.4. The van der Waals surface area contributed by atoms with Crippen molar-refractivity contribution in [3.8, 4) is 5.75 Å². The van der Waals surface area contributed by atoms with Crippen molar-refractivity contribution in [3.63, 3.8) is 0 Å². The zero-order valence-electron chi connectivity index (χ0n) is 15.8. The number of alkyl halides is 3. The summed E-state index contributed by atoms with van der Waals surface area (Å²) in [5.74, 6) is -0.0845. The number of carbonyl (C=O) groups is 1. The van der Waals surface area contributed by atoms with Crippen LogP contribution in [-0.4, -0.2) is 30.4 Å². The van der Waals surface area contributed by atoms with E-state index in [1.807, 2.05) is 42.5 Å². The Morgan fingerprint density at radius 1 is 1.10 bits per heavy atom. The summed E-state index contributed by atoms with van der Waals surface area (Å²) in [6.45, 7) is 1.45. The molecule has 2 aromatic rings. The molecule has 0 aromatic heterocycles. The minimum atomic E-state index is -4.70. The Labute approximate surface area is 167 Å². The summed E-state index contributed by atoms with van der Waals surface area (Å²) in [5.41, 5.74) is 1.70. The minimum Gasteiger partial charge on any atom is -0.445 e. The largest absolute Gasteiger partial charge is 0.573 e. The predicted octanol–water partition coefficient (Wildman–Crippen LogP) is 5.65. The van der Waals surface area contributed by atoms with E-state index in [1.54, 1.807) is 17.0 Å². The molecule has 1 saturated heterocycles. The van der Waals surface area contributed by atoms with E-state index < -0.39 is 6.36 Å². The second-order valence-electron chi connectivity index (χ2n) is 6.86. The fourth-order valence-corrected chi connectivity index (χ4v) is 3.17. The van der Waals surface area contributed by atoms with Gasteiger partial charge in [-0.15, -0.1) is 13.2 Å². The van der Waals surface area contributed by atoms with Crippen molar-refractivity contribution < 1.29 is 27.4 Å². The van der Waals surface area contributed by atoms with Gasteiger partial charge < -0.3 is 14.4 Å². The maximum Gasteiger partial charge on any atom is 0.573 e. The third-order valence-corrected chi connectivity index (χ3v) is 4.60. The van der Waals surface area contributed by atoms with Crippen LogP contribution in [-0.2, 0) is 11.3 Å². The Hall–Kier alpha value is -2.96. The summed E-state index contributed by atoms with van der Waals surface area (Å²) < 4.78 is 45.9. The molecule has 1 heterocycles. The Kier molecular flexibility index (Phi) is 6.80. The molecule has 154 valence electrons. The molecule has 29 heavy (non-hydrogen) atoms. The standard InChI is InChI=1S/C22H22F3NO3/c23-22(24,25)29-20-12-10-17(11-13-20)8-9-18-7-4-14-26(15-18)21(27)28-16-19-5-2-1-3-6-19/h1-3,5-6,8-13,18H,4,7,14-16H2. The number of hydrogen-bond donors (Lipinski definition) is 0. The van der Waals surface area contributed by atoms with Crippen LogP contribution in [0.4, 0.5) is 18.0 Å². The Balaban J connectivity index is 1.50. The van der Waals surface area contributed by atoms with Gasteiger partial charge in [-0.3, -0.25) is 0 Å². The highest BCUT2D eigenvalue weighted by molar-refractivity contribution is 5.67. The second kappa shape index (κ2) is 9.49. The molecule has 2 aromatic carbocycles. The highest BCUT2D eigenvalue weighted by Gasteiger charge is 2.31. The van der Waals surface area contributed by atoms with Gasteiger partial charge in [0.25, 0.3) is 0 Å². The zero-order valence-corrected chi connectivity index (χ0v) is 15.8. The van der Waals surface area contributed by atoms with Gasteiger partial charge in [0.15, 0.2) is 0 Å². The number of piperidine rings is 1. The van der Waals surface area contributed by atoms with Crippen molar-refractivity contribution >= 4 is 12.2 Å². The summed E-state index contributed by atoms with van der Waals surface area (Å²) >= 11 is 0. The summed E-state index contributed by atoms with van der Waals surface area (Å²) in [5, 5.41) is 0. The first-order valence-electron chi connectivity index (χ1n) is 9.39. The second-order valence-corrected chi connectivity index (χ2v) is 6.86. The molecule has 1 aliphatic heterocycles. The molecule has 0 saturated carbocycles. The topological polar surface area (TPSA) is 38.8 Å². The van der Waals surface area contributed by atoms with E-state index in [0.29, 0.717) is 13.1 Å². The molecule has 7 heteroatoms. The van der Waals surface area contributed by atoms with Crippen LogP contribution in [0, 0.1) is 5.92 Å². The van der Waals surface area contributed by atoms with Crippen LogP contribution >= 0.6 is 0 Å². The van der Waals surface area contributed by atoms with Crippen LogP contribution in [0.25, 0.3) is 6.08 Å². The van der Waals surface area contributed by atoms with Gasteiger partial charge >= 0.3 is 12.5 Å².